The van der Waals surface area contributed by atoms with Crippen molar-refractivity contribution < 1.29 is 0 Å². The molecule has 0 fully saturated rings. The quantitative estimate of drug-likeness (QED) is 0.528. The molecule has 0 heteroatoms. The van der Waals surface area contributed by atoms with Crippen LogP contribution in [0.25, 0.3) is 0 Å². The van der Waals surface area contributed by atoms with Crippen molar-refractivity contribution in [2.24, 2.45) is 0 Å². The lowest BCUT2D eigenvalue weighted by Crippen LogP contribution is -1.72. The van der Waals surface area contributed by atoms with Crippen molar-refractivity contribution in [2.75, 3.05) is 0 Å². The Bertz CT molecular complexity index is 98.6. The summed E-state index contributed by atoms with van der Waals surface area (Å²) in [5, 5.41) is 0. The zero-order chi connectivity index (χ0) is 9.11. The van der Waals surface area contributed by atoms with E-state index in [1.807, 2.05) is 13.8 Å². The minimum absolute atomic E-state index is 1.11. The van der Waals surface area contributed by atoms with Crippen LogP contribution in [0.4, 0.5) is 0 Å². The van der Waals surface area contributed by atoms with E-state index in [2.05, 4.69) is 32.6 Å². The van der Waals surface area contributed by atoms with Crippen LogP contribution in [0.1, 0.15) is 47.0 Å². The highest BCUT2D eigenvalue weighted by atomic mass is 13.9. The van der Waals surface area contributed by atoms with Gasteiger partial charge in [-0.2, -0.15) is 0 Å². The van der Waals surface area contributed by atoms with Gasteiger partial charge >= 0.3 is 0 Å². The molecule has 0 atom stereocenters. The van der Waals surface area contributed by atoms with Gasteiger partial charge in [0.2, 0.25) is 0 Å². The Hall–Kier alpha value is -0.520. The second kappa shape index (κ2) is 12.2. The fourth-order valence-corrected chi connectivity index (χ4v) is 0.689. The van der Waals surface area contributed by atoms with Crippen LogP contribution >= 0.6 is 0 Å². The lowest BCUT2D eigenvalue weighted by Gasteiger charge is -1.92. The predicted octanol–water partition coefficient (Wildman–Crippen LogP) is 4.34. The molecule has 0 rings (SSSR count). The molecule has 0 N–H and O–H groups in total. The molecule has 0 unspecified atom stereocenters. The van der Waals surface area contributed by atoms with Crippen molar-refractivity contribution >= 4 is 0 Å². The summed E-state index contributed by atoms with van der Waals surface area (Å²) in [5.41, 5.74) is 1.25. The van der Waals surface area contributed by atoms with E-state index in [9.17, 15) is 0 Å². The third-order valence-electron chi connectivity index (χ3n) is 1.16. The molecule has 0 amide bonds. The Balaban J connectivity index is 0. The van der Waals surface area contributed by atoms with Crippen molar-refractivity contribution in [3.8, 4) is 0 Å². The van der Waals surface area contributed by atoms with Gasteiger partial charge in [0.1, 0.15) is 0 Å². The van der Waals surface area contributed by atoms with Crippen LogP contribution < -0.4 is 0 Å². The first-order valence-corrected chi connectivity index (χ1v) is 4.65. The fraction of sp³-hybridized carbons (Fsp3) is 0.636. The van der Waals surface area contributed by atoms with E-state index in [-0.39, 0.29) is 0 Å². The molecule has 11 heavy (non-hydrogen) atoms. The molecule has 0 heterocycles. The van der Waals surface area contributed by atoms with E-state index in [0.29, 0.717) is 0 Å². The molecule has 0 spiro atoms. The number of rotatable bonds is 4. The summed E-state index contributed by atoms with van der Waals surface area (Å²) in [4.78, 5) is 0. The van der Waals surface area contributed by atoms with Crippen molar-refractivity contribution in [2.45, 2.75) is 47.0 Å². The molecule has 0 aromatic carbocycles. The maximum Gasteiger partial charge on any atom is -0.0287 e. The minimum atomic E-state index is 1.11. The van der Waals surface area contributed by atoms with Crippen molar-refractivity contribution in [3.63, 3.8) is 0 Å². The molecule has 0 saturated carbocycles. The first-order chi connectivity index (χ1) is 5.31. The van der Waals surface area contributed by atoms with Gasteiger partial charge in [-0.25, -0.2) is 0 Å². The summed E-state index contributed by atoms with van der Waals surface area (Å²) >= 11 is 0. The number of allylic oxidation sites excluding steroid dienone is 3. The zero-order valence-electron chi connectivity index (χ0n) is 8.48. The highest BCUT2D eigenvalue weighted by Gasteiger charge is 1.82. The second-order valence-electron chi connectivity index (χ2n) is 2.22. The molecule has 0 nitrogen and oxygen atoms in total. The molecule has 0 aliphatic carbocycles. The third-order valence-corrected chi connectivity index (χ3v) is 1.16. The lowest BCUT2D eigenvalue weighted by molar-refractivity contribution is 0.928. The number of hydrogen-bond donors (Lipinski definition) is 0. The Labute approximate surface area is 72.0 Å². The van der Waals surface area contributed by atoms with Crippen LogP contribution in [0.5, 0.6) is 0 Å². The summed E-state index contributed by atoms with van der Waals surface area (Å²) in [6.07, 6.45) is 7.72. The van der Waals surface area contributed by atoms with Crippen LogP contribution in [0, 0.1) is 0 Å². The normalized spacial score (nSPS) is 9.09. The van der Waals surface area contributed by atoms with Gasteiger partial charge in [0, 0.05) is 0 Å². The molecule has 0 aromatic rings. The van der Waals surface area contributed by atoms with Gasteiger partial charge in [-0.15, -0.1) is 0 Å². The average Bonchev–Trinajstić information content (AvgIpc) is 2.05. The minimum Gasteiger partial charge on any atom is -0.0958 e. The molecule has 0 bridgehead atoms. The Morgan fingerprint density at radius 1 is 1.27 bits per heavy atom. The number of hydrogen-bond acceptors (Lipinski definition) is 0. The van der Waals surface area contributed by atoms with Gasteiger partial charge in [-0.05, 0) is 12.8 Å². The standard InChI is InChI=1S/C9H16.C2H6/c1-4-6-8-9(3)7-5-2;1-2/h6,8H,3-5,7H2,1-2H3;1-2H3/b8-6-;. The Kier molecular flexibility index (Phi) is 14.5. The van der Waals surface area contributed by atoms with Gasteiger partial charge in [0.15, 0.2) is 0 Å². The van der Waals surface area contributed by atoms with Crippen molar-refractivity contribution in [1.29, 1.82) is 0 Å². The van der Waals surface area contributed by atoms with Crippen LogP contribution in [-0.2, 0) is 0 Å². The molecule has 0 aromatic heterocycles. The first-order valence-electron chi connectivity index (χ1n) is 4.65. The largest absolute Gasteiger partial charge is 0.0958 e. The summed E-state index contributed by atoms with van der Waals surface area (Å²) in [5.74, 6) is 0. The molecule has 66 valence electrons. The average molecular weight is 154 g/mol. The van der Waals surface area contributed by atoms with E-state index < -0.39 is 0 Å². The summed E-state index contributed by atoms with van der Waals surface area (Å²) in [6.45, 7) is 12.2. The first kappa shape index (κ1) is 13.1. The zero-order valence-corrected chi connectivity index (χ0v) is 8.48. The maximum absolute atomic E-state index is 3.90. The van der Waals surface area contributed by atoms with E-state index in [1.165, 1.54) is 12.0 Å². The van der Waals surface area contributed by atoms with Gasteiger partial charge in [-0.1, -0.05) is 58.4 Å². The maximum atomic E-state index is 3.90. The Morgan fingerprint density at radius 2 is 1.82 bits per heavy atom. The van der Waals surface area contributed by atoms with Crippen LogP contribution in [0.15, 0.2) is 24.3 Å². The topological polar surface area (TPSA) is 0 Å². The molecular formula is C11H22. The van der Waals surface area contributed by atoms with Crippen LogP contribution in [-0.4, -0.2) is 0 Å². The molecular weight excluding hydrogens is 132 g/mol. The highest BCUT2D eigenvalue weighted by molar-refractivity contribution is 5.13. The molecule has 0 saturated heterocycles. The van der Waals surface area contributed by atoms with Crippen molar-refractivity contribution in [3.05, 3.63) is 24.3 Å². The highest BCUT2D eigenvalue weighted by Crippen LogP contribution is 2.02. The fourth-order valence-electron chi connectivity index (χ4n) is 0.689. The van der Waals surface area contributed by atoms with E-state index in [1.54, 1.807) is 0 Å². The third kappa shape index (κ3) is 12.6. The van der Waals surface area contributed by atoms with E-state index in [0.717, 1.165) is 12.8 Å². The smallest absolute Gasteiger partial charge is 0.0287 e. The summed E-state index contributed by atoms with van der Waals surface area (Å²) in [7, 11) is 0. The van der Waals surface area contributed by atoms with E-state index in [4.69, 9.17) is 0 Å². The summed E-state index contributed by atoms with van der Waals surface area (Å²) < 4.78 is 0. The van der Waals surface area contributed by atoms with Gasteiger partial charge in [0.25, 0.3) is 0 Å². The van der Waals surface area contributed by atoms with Crippen molar-refractivity contribution in [1.82, 2.24) is 0 Å². The van der Waals surface area contributed by atoms with Gasteiger partial charge < -0.3 is 0 Å². The Morgan fingerprint density at radius 3 is 2.18 bits per heavy atom. The monoisotopic (exact) mass is 154 g/mol. The predicted molar refractivity (Wildman–Crippen MR) is 54.8 cm³/mol. The molecule has 0 radical (unpaired) electrons. The van der Waals surface area contributed by atoms with E-state index >= 15 is 0 Å². The molecule has 0 aliphatic rings. The lowest BCUT2D eigenvalue weighted by atomic mass is 10.1. The molecule has 0 aliphatic heterocycles. The second-order valence-corrected chi connectivity index (χ2v) is 2.22. The SMILES string of the molecule is C=C(/C=C\CC)CCC.CC. The summed E-state index contributed by atoms with van der Waals surface area (Å²) in [6, 6.07) is 0. The van der Waals surface area contributed by atoms with Gasteiger partial charge in [0.05, 0.1) is 0 Å². The van der Waals surface area contributed by atoms with Gasteiger partial charge in [-0.3, -0.25) is 0 Å². The van der Waals surface area contributed by atoms with Crippen LogP contribution in [0.3, 0.4) is 0 Å². The van der Waals surface area contributed by atoms with Crippen LogP contribution in [0.2, 0.25) is 0 Å².